The van der Waals surface area contributed by atoms with Gasteiger partial charge in [-0.2, -0.15) is 0 Å². The first kappa shape index (κ1) is 15.2. The fourth-order valence-corrected chi connectivity index (χ4v) is 1.54. The van der Waals surface area contributed by atoms with E-state index >= 15 is 0 Å². The van der Waals surface area contributed by atoms with E-state index in [2.05, 4.69) is 5.32 Å². The highest BCUT2D eigenvalue weighted by molar-refractivity contribution is 5.95. The summed E-state index contributed by atoms with van der Waals surface area (Å²) in [6.07, 6.45) is 1.66. The number of nitrogens with one attached hydrogen (secondary N) is 1. The quantitative estimate of drug-likeness (QED) is 0.783. The van der Waals surface area contributed by atoms with Crippen LogP contribution < -0.4 is 11.1 Å². The third kappa shape index (κ3) is 3.82. The van der Waals surface area contributed by atoms with Gasteiger partial charge in [-0.25, -0.2) is 4.79 Å². The molecular formula is C13H21N3O3. The topological polar surface area (TPSA) is 86.3 Å². The van der Waals surface area contributed by atoms with Crippen LogP contribution in [-0.4, -0.2) is 29.1 Å². The molecule has 0 fully saturated rings. The highest BCUT2D eigenvalue weighted by Crippen LogP contribution is 2.15. The minimum absolute atomic E-state index is 0.170. The van der Waals surface area contributed by atoms with E-state index in [9.17, 15) is 9.59 Å². The van der Waals surface area contributed by atoms with Crippen molar-refractivity contribution in [2.24, 2.45) is 18.7 Å². The summed E-state index contributed by atoms with van der Waals surface area (Å²) in [5, 5.41) is 2.73. The third-order valence-electron chi connectivity index (χ3n) is 2.96. The largest absolute Gasteiger partial charge is 0.461 e. The van der Waals surface area contributed by atoms with Gasteiger partial charge in [-0.1, -0.05) is 6.92 Å². The van der Waals surface area contributed by atoms with Crippen LogP contribution in [0.25, 0.3) is 0 Å². The van der Waals surface area contributed by atoms with Gasteiger partial charge in [0.1, 0.15) is 5.69 Å². The monoisotopic (exact) mass is 267 g/mol. The maximum absolute atomic E-state index is 11.9. The molecule has 0 spiro atoms. The number of hydrogen-bond donors (Lipinski definition) is 2. The van der Waals surface area contributed by atoms with Crippen molar-refractivity contribution in [3.05, 3.63) is 18.0 Å². The molecule has 2 atom stereocenters. The first-order chi connectivity index (χ1) is 8.86. The number of carbonyl (C=O) groups excluding carboxylic acids is 2. The molecule has 0 bridgehead atoms. The standard InChI is InChI=1S/C13H21N3O3/c1-5-19-13(18)11-6-10(7-16(11)4)15-12(17)8(2)9(3)14/h6-9H,5,14H2,1-4H3,(H,15,17). The summed E-state index contributed by atoms with van der Waals surface area (Å²) in [6, 6.07) is 1.36. The Bertz CT molecular complexity index is 466. The molecule has 1 amide bonds. The lowest BCUT2D eigenvalue weighted by Crippen LogP contribution is -2.34. The number of amides is 1. The van der Waals surface area contributed by atoms with Crippen molar-refractivity contribution >= 4 is 17.6 Å². The normalized spacial score (nSPS) is 13.7. The number of aromatic nitrogens is 1. The molecule has 1 heterocycles. The molecule has 0 radical (unpaired) electrons. The van der Waals surface area contributed by atoms with Crippen molar-refractivity contribution in [2.45, 2.75) is 26.8 Å². The Morgan fingerprint density at radius 2 is 2.11 bits per heavy atom. The Kier molecular flexibility index (Phi) is 5.11. The highest BCUT2D eigenvalue weighted by Gasteiger charge is 2.19. The number of esters is 1. The average molecular weight is 267 g/mol. The Labute approximate surface area is 112 Å². The number of anilines is 1. The molecule has 6 heteroatoms. The van der Waals surface area contributed by atoms with E-state index < -0.39 is 5.97 Å². The second-order valence-electron chi connectivity index (χ2n) is 4.58. The minimum atomic E-state index is -0.411. The van der Waals surface area contributed by atoms with E-state index in [1.165, 1.54) is 0 Å². The first-order valence-corrected chi connectivity index (χ1v) is 6.26. The molecule has 0 aliphatic heterocycles. The molecule has 0 aliphatic rings. The zero-order valence-electron chi connectivity index (χ0n) is 11.8. The summed E-state index contributed by atoms with van der Waals surface area (Å²) in [6.45, 7) is 5.59. The van der Waals surface area contributed by atoms with E-state index in [0.29, 0.717) is 18.0 Å². The summed E-state index contributed by atoms with van der Waals surface area (Å²) in [4.78, 5) is 23.5. The lowest BCUT2D eigenvalue weighted by Gasteiger charge is -2.14. The number of aryl methyl sites for hydroxylation is 1. The van der Waals surface area contributed by atoms with Gasteiger partial charge in [0.2, 0.25) is 5.91 Å². The fourth-order valence-electron chi connectivity index (χ4n) is 1.54. The van der Waals surface area contributed by atoms with E-state index in [0.717, 1.165) is 0 Å². The molecule has 1 aromatic heterocycles. The number of carbonyl (C=O) groups is 2. The number of nitrogens with zero attached hydrogens (tertiary/aromatic N) is 1. The van der Waals surface area contributed by atoms with Gasteiger partial charge in [0, 0.05) is 19.3 Å². The molecule has 0 saturated carbocycles. The van der Waals surface area contributed by atoms with Gasteiger partial charge < -0.3 is 20.4 Å². The van der Waals surface area contributed by atoms with Crippen LogP contribution in [0, 0.1) is 5.92 Å². The zero-order chi connectivity index (χ0) is 14.6. The summed E-state index contributed by atoms with van der Waals surface area (Å²) < 4.78 is 6.54. The molecule has 2 unspecified atom stereocenters. The van der Waals surface area contributed by atoms with Crippen LogP contribution in [0.4, 0.5) is 5.69 Å². The van der Waals surface area contributed by atoms with Gasteiger partial charge in [-0.15, -0.1) is 0 Å². The van der Waals surface area contributed by atoms with E-state index in [1.807, 2.05) is 0 Å². The molecule has 1 rings (SSSR count). The smallest absolute Gasteiger partial charge is 0.355 e. The summed E-state index contributed by atoms with van der Waals surface area (Å²) in [5.74, 6) is -0.881. The van der Waals surface area contributed by atoms with Crippen LogP contribution in [0.3, 0.4) is 0 Å². The van der Waals surface area contributed by atoms with Gasteiger partial charge >= 0.3 is 5.97 Å². The van der Waals surface area contributed by atoms with Crippen molar-refractivity contribution in [1.29, 1.82) is 0 Å². The molecule has 19 heavy (non-hydrogen) atoms. The molecule has 0 aliphatic carbocycles. The molecule has 106 valence electrons. The predicted molar refractivity (Wildman–Crippen MR) is 72.8 cm³/mol. The lowest BCUT2D eigenvalue weighted by atomic mass is 10.0. The lowest BCUT2D eigenvalue weighted by molar-refractivity contribution is -0.119. The minimum Gasteiger partial charge on any atom is -0.461 e. The SMILES string of the molecule is CCOC(=O)c1cc(NC(=O)C(C)C(C)N)cn1C. The average Bonchev–Trinajstić information content (AvgIpc) is 2.69. The van der Waals surface area contributed by atoms with Gasteiger partial charge in [0.05, 0.1) is 18.2 Å². The molecule has 6 nitrogen and oxygen atoms in total. The van der Waals surface area contributed by atoms with Crippen LogP contribution in [-0.2, 0) is 16.6 Å². The zero-order valence-corrected chi connectivity index (χ0v) is 11.8. The second kappa shape index (κ2) is 6.38. The van der Waals surface area contributed by atoms with Crippen LogP contribution in [0.2, 0.25) is 0 Å². The van der Waals surface area contributed by atoms with Crippen LogP contribution in [0.1, 0.15) is 31.3 Å². The third-order valence-corrected chi connectivity index (χ3v) is 2.96. The van der Waals surface area contributed by atoms with Crippen LogP contribution >= 0.6 is 0 Å². The van der Waals surface area contributed by atoms with Gasteiger partial charge in [-0.05, 0) is 19.9 Å². The summed E-state index contributed by atoms with van der Waals surface area (Å²) >= 11 is 0. The molecular weight excluding hydrogens is 246 g/mol. The Morgan fingerprint density at radius 3 is 2.63 bits per heavy atom. The number of ether oxygens (including phenoxy) is 1. The van der Waals surface area contributed by atoms with Crippen molar-refractivity contribution in [3.63, 3.8) is 0 Å². The maximum atomic E-state index is 11.9. The predicted octanol–water partition coefficient (Wildman–Crippen LogP) is 1.12. The van der Waals surface area contributed by atoms with Crippen molar-refractivity contribution in [2.75, 3.05) is 11.9 Å². The molecule has 0 saturated heterocycles. The van der Waals surface area contributed by atoms with Gasteiger partial charge in [0.15, 0.2) is 0 Å². The fraction of sp³-hybridized carbons (Fsp3) is 0.538. The van der Waals surface area contributed by atoms with Gasteiger partial charge in [0.25, 0.3) is 0 Å². The number of rotatable bonds is 5. The second-order valence-corrected chi connectivity index (χ2v) is 4.58. The van der Waals surface area contributed by atoms with Crippen molar-refractivity contribution < 1.29 is 14.3 Å². The Morgan fingerprint density at radius 1 is 1.47 bits per heavy atom. The summed E-state index contributed by atoms with van der Waals surface area (Å²) in [5.41, 5.74) is 6.63. The van der Waals surface area contributed by atoms with Crippen LogP contribution in [0.15, 0.2) is 12.3 Å². The maximum Gasteiger partial charge on any atom is 0.355 e. The number of nitrogens with two attached hydrogens (primary N) is 1. The Balaban J connectivity index is 2.79. The van der Waals surface area contributed by atoms with Crippen molar-refractivity contribution in [3.8, 4) is 0 Å². The van der Waals surface area contributed by atoms with E-state index in [-0.39, 0.29) is 17.9 Å². The van der Waals surface area contributed by atoms with Gasteiger partial charge in [-0.3, -0.25) is 4.79 Å². The number of hydrogen-bond acceptors (Lipinski definition) is 4. The summed E-state index contributed by atoms with van der Waals surface area (Å²) in [7, 11) is 1.72. The molecule has 0 aromatic carbocycles. The van der Waals surface area contributed by atoms with Crippen LogP contribution in [0.5, 0.6) is 0 Å². The van der Waals surface area contributed by atoms with Crippen molar-refractivity contribution in [1.82, 2.24) is 4.57 Å². The highest BCUT2D eigenvalue weighted by atomic mass is 16.5. The molecule has 1 aromatic rings. The molecule has 3 N–H and O–H groups in total. The van der Waals surface area contributed by atoms with E-state index in [1.54, 1.807) is 44.6 Å². The Hall–Kier alpha value is -1.82. The van der Waals surface area contributed by atoms with E-state index in [4.69, 9.17) is 10.5 Å². The first-order valence-electron chi connectivity index (χ1n) is 6.26.